The minimum absolute atomic E-state index is 0.00716. The summed E-state index contributed by atoms with van der Waals surface area (Å²) < 4.78 is 1.87. The molecule has 0 unspecified atom stereocenters. The van der Waals surface area contributed by atoms with Gasteiger partial charge in [-0.25, -0.2) is 15.0 Å². The smallest absolute Gasteiger partial charge is 0.166 e. The fourth-order valence-corrected chi connectivity index (χ4v) is 1.87. The summed E-state index contributed by atoms with van der Waals surface area (Å²) in [7, 11) is 1.94. The van der Waals surface area contributed by atoms with E-state index < -0.39 is 0 Å². The van der Waals surface area contributed by atoms with Crippen molar-refractivity contribution >= 4 is 0 Å². The fraction of sp³-hybridized carbons (Fsp3) is 0.455. The zero-order valence-electron chi connectivity index (χ0n) is 9.97. The van der Waals surface area contributed by atoms with Crippen molar-refractivity contribution in [2.24, 2.45) is 7.05 Å². The van der Waals surface area contributed by atoms with E-state index in [0.29, 0.717) is 5.82 Å². The largest absolute Gasteiger partial charge is 0.271 e. The Labute approximate surface area is 94.6 Å². The SMILES string of the molecule is Cn1ncc(-c2ncncn2)c1C(C)(C)C. The quantitative estimate of drug-likeness (QED) is 0.727. The summed E-state index contributed by atoms with van der Waals surface area (Å²) >= 11 is 0. The van der Waals surface area contributed by atoms with Gasteiger partial charge in [0.05, 0.1) is 17.5 Å². The Hall–Kier alpha value is -1.78. The lowest BCUT2D eigenvalue weighted by Crippen LogP contribution is -2.18. The van der Waals surface area contributed by atoms with E-state index in [1.54, 1.807) is 6.20 Å². The van der Waals surface area contributed by atoms with Gasteiger partial charge in [-0.15, -0.1) is 0 Å². The van der Waals surface area contributed by atoms with E-state index >= 15 is 0 Å². The number of rotatable bonds is 1. The molecule has 0 saturated heterocycles. The lowest BCUT2D eigenvalue weighted by molar-refractivity contribution is 0.524. The summed E-state index contributed by atoms with van der Waals surface area (Å²) in [5.74, 6) is 0.674. The van der Waals surface area contributed by atoms with Crippen LogP contribution in [0.15, 0.2) is 18.9 Å². The molecule has 16 heavy (non-hydrogen) atoms. The molecule has 0 aliphatic carbocycles. The summed E-state index contributed by atoms with van der Waals surface area (Å²) in [5, 5.41) is 4.28. The molecule has 0 spiro atoms. The summed E-state index contributed by atoms with van der Waals surface area (Å²) in [6, 6.07) is 0. The van der Waals surface area contributed by atoms with Crippen molar-refractivity contribution in [3.8, 4) is 11.4 Å². The van der Waals surface area contributed by atoms with Crippen LogP contribution in [0.5, 0.6) is 0 Å². The lowest BCUT2D eigenvalue weighted by atomic mass is 9.89. The van der Waals surface area contributed by atoms with Crippen molar-refractivity contribution in [2.75, 3.05) is 0 Å². The van der Waals surface area contributed by atoms with Crippen LogP contribution in [0.1, 0.15) is 26.5 Å². The molecule has 5 nitrogen and oxygen atoms in total. The van der Waals surface area contributed by atoms with Crippen LogP contribution in [0, 0.1) is 0 Å². The molecule has 84 valence electrons. The second kappa shape index (κ2) is 3.66. The zero-order valence-corrected chi connectivity index (χ0v) is 9.97. The Kier molecular flexibility index (Phi) is 2.46. The molecule has 0 aliphatic heterocycles. The maximum atomic E-state index is 4.28. The topological polar surface area (TPSA) is 56.5 Å². The lowest BCUT2D eigenvalue weighted by Gasteiger charge is -2.20. The Morgan fingerprint density at radius 1 is 1.12 bits per heavy atom. The van der Waals surface area contributed by atoms with Gasteiger partial charge in [0.15, 0.2) is 5.82 Å². The molecule has 2 heterocycles. The Morgan fingerprint density at radius 3 is 2.31 bits per heavy atom. The maximum absolute atomic E-state index is 4.28. The normalized spacial score (nSPS) is 11.8. The van der Waals surface area contributed by atoms with Gasteiger partial charge in [-0.1, -0.05) is 20.8 Å². The van der Waals surface area contributed by atoms with Crippen molar-refractivity contribution in [1.29, 1.82) is 0 Å². The van der Waals surface area contributed by atoms with Crippen LogP contribution in [-0.2, 0) is 12.5 Å². The first kappa shape index (κ1) is 10.7. The van der Waals surface area contributed by atoms with E-state index in [1.165, 1.54) is 12.7 Å². The summed E-state index contributed by atoms with van der Waals surface area (Å²) in [6.45, 7) is 6.44. The predicted molar refractivity (Wildman–Crippen MR) is 60.7 cm³/mol. The molecule has 0 radical (unpaired) electrons. The average Bonchev–Trinajstić information content (AvgIpc) is 2.61. The molecule has 0 amide bonds. The fourth-order valence-electron chi connectivity index (χ4n) is 1.87. The third kappa shape index (κ3) is 1.80. The van der Waals surface area contributed by atoms with Gasteiger partial charge in [0.25, 0.3) is 0 Å². The second-order valence-corrected chi connectivity index (χ2v) is 4.74. The van der Waals surface area contributed by atoms with Crippen molar-refractivity contribution in [1.82, 2.24) is 24.7 Å². The zero-order chi connectivity index (χ0) is 11.8. The molecule has 0 aliphatic rings. The van der Waals surface area contributed by atoms with Crippen LogP contribution in [0.4, 0.5) is 0 Å². The minimum Gasteiger partial charge on any atom is -0.271 e. The van der Waals surface area contributed by atoms with Gasteiger partial charge >= 0.3 is 0 Å². The molecule has 0 fully saturated rings. The third-order valence-electron chi connectivity index (χ3n) is 2.38. The van der Waals surface area contributed by atoms with E-state index in [4.69, 9.17) is 0 Å². The molecule has 0 saturated carbocycles. The van der Waals surface area contributed by atoms with Gasteiger partial charge in [-0.2, -0.15) is 5.10 Å². The van der Waals surface area contributed by atoms with Gasteiger partial charge in [0, 0.05) is 12.5 Å². The van der Waals surface area contributed by atoms with Crippen LogP contribution in [-0.4, -0.2) is 24.7 Å². The van der Waals surface area contributed by atoms with Crippen LogP contribution in [0.2, 0.25) is 0 Å². The number of aromatic nitrogens is 5. The van der Waals surface area contributed by atoms with Gasteiger partial charge in [0.1, 0.15) is 12.7 Å². The van der Waals surface area contributed by atoms with Crippen LogP contribution in [0.3, 0.4) is 0 Å². The molecule has 0 atom stereocenters. The average molecular weight is 217 g/mol. The van der Waals surface area contributed by atoms with E-state index in [-0.39, 0.29) is 5.41 Å². The summed E-state index contributed by atoms with van der Waals surface area (Å²) in [6.07, 6.45) is 4.81. The van der Waals surface area contributed by atoms with Gasteiger partial charge in [-0.05, 0) is 0 Å². The molecule has 5 heteroatoms. The number of hydrogen-bond acceptors (Lipinski definition) is 4. The van der Waals surface area contributed by atoms with Crippen molar-refractivity contribution in [3.05, 3.63) is 24.5 Å². The van der Waals surface area contributed by atoms with Crippen LogP contribution < -0.4 is 0 Å². The van der Waals surface area contributed by atoms with E-state index in [0.717, 1.165) is 11.3 Å². The highest BCUT2D eigenvalue weighted by Gasteiger charge is 2.24. The number of hydrogen-bond donors (Lipinski definition) is 0. The highest BCUT2D eigenvalue weighted by molar-refractivity contribution is 5.58. The molecule has 2 aromatic rings. The third-order valence-corrected chi connectivity index (χ3v) is 2.38. The first-order chi connectivity index (χ1) is 7.50. The highest BCUT2D eigenvalue weighted by atomic mass is 15.3. The van der Waals surface area contributed by atoms with Crippen molar-refractivity contribution in [3.63, 3.8) is 0 Å². The molecular formula is C11H15N5. The summed E-state index contributed by atoms with van der Waals surface area (Å²) in [4.78, 5) is 12.1. The van der Waals surface area contributed by atoms with Crippen molar-refractivity contribution < 1.29 is 0 Å². The second-order valence-electron chi connectivity index (χ2n) is 4.74. The molecule has 0 aromatic carbocycles. The maximum Gasteiger partial charge on any atom is 0.166 e. The van der Waals surface area contributed by atoms with Gasteiger partial charge < -0.3 is 0 Å². The van der Waals surface area contributed by atoms with Gasteiger partial charge in [-0.3, -0.25) is 4.68 Å². The number of nitrogens with zero attached hydrogens (tertiary/aromatic N) is 5. The highest BCUT2D eigenvalue weighted by Crippen LogP contribution is 2.30. The van der Waals surface area contributed by atoms with Crippen molar-refractivity contribution in [2.45, 2.75) is 26.2 Å². The first-order valence-electron chi connectivity index (χ1n) is 5.15. The predicted octanol–water partition coefficient (Wildman–Crippen LogP) is 1.57. The minimum atomic E-state index is 0.00716. The Balaban J connectivity index is 2.60. The molecule has 0 N–H and O–H groups in total. The Morgan fingerprint density at radius 2 is 1.75 bits per heavy atom. The molecular weight excluding hydrogens is 202 g/mol. The van der Waals surface area contributed by atoms with E-state index in [2.05, 4.69) is 40.8 Å². The van der Waals surface area contributed by atoms with Gasteiger partial charge in [0.2, 0.25) is 0 Å². The molecule has 2 aromatic heterocycles. The summed E-state index contributed by atoms with van der Waals surface area (Å²) in [5.41, 5.74) is 2.10. The van der Waals surface area contributed by atoms with Crippen LogP contribution >= 0.6 is 0 Å². The Bertz CT molecular complexity index is 481. The first-order valence-corrected chi connectivity index (χ1v) is 5.15. The molecule has 0 bridgehead atoms. The van der Waals surface area contributed by atoms with E-state index in [9.17, 15) is 0 Å². The van der Waals surface area contributed by atoms with Crippen LogP contribution in [0.25, 0.3) is 11.4 Å². The monoisotopic (exact) mass is 217 g/mol. The van der Waals surface area contributed by atoms with E-state index in [1.807, 2.05) is 11.7 Å². The standard InChI is InChI=1S/C11H15N5/c1-11(2,3)9-8(5-15-16(9)4)10-13-6-12-7-14-10/h5-7H,1-4H3. The number of aryl methyl sites for hydroxylation is 1. The molecule has 2 rings (SSSR count).